The number of hydrogen-bond acceptors (Lipinski definition) is 3. The molecule has 1 atom stereocenters. The Morgan fingerprint density at radius 3 is 2.58 bits per heavy atom. The normalized spacial score (nSPS) is 24.4. The monoisotopic (exact) mass is 171 g/mol. The van der Waals surface area contributed by atoms with Crippen LogP contribution in [0.5, 0.6) is 0 Å². The van der Waals surface area contributed by atoms with Crippen LogP contribution in [0.15, 0.2) is 0 Å². The zero-order valence-corrected chi connectivity index (χ0v) is 6.61. The number of Topliss-reactive ketones (excluding diaryl/α,β-unsaturated/α-hetero) is 1. The minimum atomic E-state index is -1.28. The van der Waals surface area contributed by atoms with E-state index in [4.69, 9.17) is 5.11 Å². The van der Waals surface area contributed by atoms with Crippen molar-refractivity contribution in [1.82, 2.24) is 4.90 Å². The van der Waals surface area contributed by atoms with E-state index in [2.05, 4.69) is 0 Å². The standard InChI is InChI=1S/C7H9NO4/c1-4-2-5(9)3-6(10)8(4)7(11)12/h4H,2-3H2,1H3,(H,11,12)/t4-/m1/s1. The quantitative estimate of drug-likeness (QED) is 0.530. The summed E-state index contributed by atoms with van der Waals surface area (Å²) in [5.74, 6) is -0.809. The molecule has 1 aliphatic rings. The van der Waals surface area contributed by atoms with E-state index in [1.807, 2.05) is 0 Å². The second-order valence-electron chi connectivity index (χ2n) is 2.81. The van der Waals surface area contributed by atoms with Crippen LogP contribution in [-0.2, 0) is 9.59 Å². The number of carbonyl (C=O) groups is 3. The Morgan fingerprint density at radius 1 is 1.58 bits per heavy atom. The molecule has 0 unspecified atom stereocenters. The lowest BCUT2D eigenvalue weighted by atomic mass is 10.0. The molecule has 1 fully saturated rings. The van der Waals surface area contributed by atoms with Crippen molar-refractivity contribution in [3.8, 4) is 0 Å². The molecule has 5 nitrogen and oxygen atoms in total. The molecule has 0 aromatic carbocycles. The second kappa shape index (κ2) is 2.92. The summed E-state index contributed by atoms with van der Waals surface area (Å²) in [6.45, 7) is 1.54. The van der Waals surface area contributed by atoms with Crippen molar-refractivity contribution in [1.29, 1.82) is 0 Å². The predicted molar refractivity (Wildman–Crippen MR) is 38.6 cm³/mol. The number of rotatable bonds is 0. The fourth-order valence-corrected chi connectivity index (χ4v) is 1.29. The summed E-state index contributed by atoms with van der Waals surface area (Å²) in [5, 5.41) is 8.56. The molecule has 1 saturated heterocycles. The summed E-state index contributed by atoms with van der Waals surface area (Å²) in [6.07, 6.45) is -1.42. The maximum absolute atomic E-state index is 11.0. The van der Waals surface area contributed by atoms with Gasteiger partial charge in [-0.2, -0.15) is 0 Å². The van der Waals surface area contributed by atoms with Gasteiger partial charge in [-0.25, -0.2) is 9.69 Å². The van der Waals surface area contributed by atoms with E-state index < -0.39 is 18.0 Å². The number of imide groups is 1. The second-order valence-corrected chi connectivity index (χ2v) is 2.81. The van der Waals surface area contributed by atoms with E-state index in [-0.39, 0.29) is 18.6 Å². The molecule has 2 amide bonds. The van der Waals surface area contributed by atoms with Gasteiger partial charge in [0.25, 0.3) is 0 Å². The molecule has 1 heterocycles. The third-order valence-corrected chi connectivity index (χ3v) is 1.79. The van der Waals surface area contributed by atoms with Crippen LogP contribution in [0, 0.1) is 0 Å². The molecule has 0 radical (unpaired) electrons. The van der Waals surface area contributed by atoms with Crippen LogP contribution in [0.3, 0.4) is 0 Å². The summed E-state index contributed by atoms with van der Waals surface area (Å²) >= 11 is 0. The number of nitrogens with zero attached hydrogens (tertiary/aromatic N) is 1. The molecule has 0 saturated carbocycles. The van der Waals surface area contributed by atoms with Gasteiger partial charge in [0.05, 0.1) is 6.42 Å². The fraction of sp³-hybridized carbons (Fsp3) is 0.571. The molecule has 66 valence electrons. The highest BCUT2D eigenvalue weighted by molar-refractivity contribution is 6.05. The summed E-state index contributed by atoms with van der Waals surface area (Å²) in [4.78, 5) is 33.0. The summed E-state index contributed by atoms with van der Waals surface area (Å²) in [6, 6.07) is -0.517. The van der Waals surface area contributed by atoms with Gasteiger partial charge in [-0.1, -0.05) is 0 Å². The lowest BCUT2D eigenvalue weighted by Gasteiger charge is -2.27. The molecule has 0 aromatic heterocycles. The smallest absolute Gasteiger partial charge is 0.414 e. The minimum Gasteiger partial charge on any atom is -0.465 e. The highest BCUT2D eigenvalue weighted by Crippen LogP contribution is 2.14. The summed E-state index contributed by atoms with van der Waals surface area (Å²) in [5.41, 5.74) is 0. The Balaban J connectivity index is 2.80. The minimum absolute atomic E-state index is 0.137. The van der Waals surface area contributed by atoms with Crippen LogP contribution in [0.1, 0.15) is 19.8 Å². The Bertz CT molecular complexity index is 248. The predicted octanol–water partition coefficient (Wildman–Crippen LogP) is 0.244. The van der Waals surface area contributed by atoms with Crippen LogP contribution >= 0.6 is 0 Å². The molecule has 0 bridgehead atoms. The van der Waals surface area contributed by atoms with Gasteiger partial charge in [-0.3, -0.25) is 9.59 Å². The zero-order chi connectivity index (χ0) is 9.30. The van der Waals surface area contributed by atoms with Crippen molar-refractivity contribution in [2.75, 3.05) is 0 Å². The first-order valence-electron chi connectivity index (χ1n) is 3.59. The number of likely N-dealkylation sites (tertiary alicyclic amines) is 1. The Morgan fingerprint density at radius 2 is 2.17 bits per heavy atom. The number of piperidine rings is 1. The maximum Gasteiger partial charge on any atom is 0.414 e. The highest BCUT2D eigenvalue weighted by Gasteiger charge is 2.33. The van der Waals surface area contributed by atoms with Crippen molar-refractivity contribution in [2.45, 2.75) is 25.8 Å². The largest absolute Gasteiger partial charge is 0.465 e. The number of carbonyl (C=O) groups excluding carboxylic acids is 2. The molecule has 5 heteroatoms. The van der Waals surface area contributed by atoms with Gasteiger partial charge in [-0.05, 0) is 6.92 Å². The summed E-state index contributed by atoms with van der Waals surface area (Å²) in [7, 11) is 0. The molecule has 12 heavy (non-hydrogen) atoms. The van der Waals surface area contributed by atoms with Crippen molar-refractivity contribution in [2.24, 2.45) is 0 Å². The van der Waals surface area contributed by atoms with Crippen molar-refractivity contribution < 1.29 is 19.5 Å². The first-order valence-corrected chi connectivity index (χ1v) is 3.59. The lowest BCUT2D eigenvalue weighted by molar-refractivity contribution is -0.139. The van der Waals surface area contributed by atoms with E-state index in [0.29, 0.717) is 4.90 Å². The topological polar surface area (TPSA) is 74.7 Å². The average molecular weight is 171 g/mol. The molecule has 1 N–H and O–H groups in total. The Labute approximate surface area is 69.0 Å². The fourth-order valence-electron chi connectivity index (χ4n) is 1.29. The van der Waals surface area contributed by atoms with Crippen LogP contribution in [0.25, 0.3) is 0 Å². The molecule has 0 spiro atoms. The van der Waals surface area contributed by atoms with Crippen LogP contribution in [0.4, 0.5) is 4.79 Å². The van der Waals surface area contributed by atoms with E-state index in [1.54, 1.807) is 6.92 Å². The van der Waals surface area contributed by atoms with Gasteiger partial charge in [0.1, 0.15) is 5.78 Å². The first kappa shape index (κ1) is 8.70. The zero-order valence-electron chi connectivity index (χ0n) is 6.61. The number of ketones is 1. The van der Waals surface area contributed by atoms with Gasteiger partial charge < -0.3 is 5.11 Å². The third kappa shape index (κ3) is 1.44. The Kier molecular flexibility index (Phi) is 2.12. The molecular weight excluding hydrogens is 162 g/mol. The van der Waals surface area contributed by atoms with Crippen LogP contribution < -0.4 is 0 Å². The number of hydrogen-bond donors (Lipinski definition) is 1. The molecular formula is C7H9NO4. The summed E-state index contributed by atoms with van der Waals surface area (Å²) < 4.78 is 0. The SMILES string of the molecule is C[C@@H]1CC(=O)CC(=O)N1C(=O)O. The van der Waals surface area contributed by atoms with Crippen molar-refractivity contribution in [3.63, 3.8) is 0 Å². The average Bonchev–Trinajstić information content (AvgIpc) is 1.82. The van der Waals surface area contributed by atoms with Gasteiger partial charge in [0, 0.05) is 12.5 Å². The van der Waals surface area contributed by atoms with Crippen molar-refractivity contribution in [3.05, 3.63) is 0 Å². The van der Waals surface area contributed by atoms with Crippen molar-refractivity contribution >= 4 is 17.8 Å². The third-order valence-electron chi connectivity index (χ3n) is 1.79. The highest BCUT2D eigenvalue weighted by atomic mass is 16.4. The maximum atomic E-state index is 11.0. The van der Waals surface area contributed by atoms with Crippen LogP contribution in [-0.4, -0.2) is 33.8 Å². The molecule has 1 aliphatic heterocycles. The van der Waals surface area contributed by atoms with E-state index in [1.165, 1.54) is 0 Å². The van der Waals surface area contributed by atoms with E-state index >= 15 is 0 Å². The van der Waals surface area contributed by atoms with Crippen LogP contribution in [0.2, 0.25) is 0 Å². The number of carboxylic acid groups (broad SMARTS) is 1. The number of amides is 2. The lowest BCUT2D eigenvalue weighted by Crippen LogP contribution is -2.47. The molecule has 1 rings (SSSR count). The van der Waals surface area contributed by atoms with Gasteiger partial charge in [0.15, 0.2) is 0 Å². The molecule has 0 aromatic rings. The van der Waals surface area contributed by atoms with Gasteiger partial charge in [-0.15, -0.1) is 0 Å². The van der Waals surface area contributed by atoms with E-state index in [0.717, 1.165) is 0 Å². The van der Waals surface area contributed by atoms with Gasteiger partial charge in [0.2, 0.25) is 5.91 Å². The molecule has 0 aliphatic carbocycles. The van der Waals surface area contributed by atoms with E-state index in [9.17, 15) is 14.4 Å². The first-order chi connectivity index (χ1) is 5.52. The Hall–Kier alpha value is -1.39. The van der Waals surface area contributed by atoms with Gasteiger partial charge >= 0.3 is 6.09 Å².